The maximum Gasteiger partial charge on any atom is 0.123 e. The molecule has 0 bridgehead atoms. The Labute approximate surface area is 92.8 Å². The van der Waals surface area contributed by atoms with Crippen LogP contribution >= 0.6 is 0 Å². The molecule has 2 heterocycles. The van der Waals surface area contributed by atoms with Crippen molar-refractivity contribution in [3.05, 3.63) is 29.7 Å². The van der Waals surface area contributed by atoms with Crippen LogP contribution in [-0.2, 0) is 13.5 Å². The average Bonchev–Trinajstić information content (AvgIpc) is 2.84. The summed E-state index contributed by atoms with van der Waals surface area (Å²) < 4.78 is 1.75. The molecule has 0 radical (unpaired) electrons. The SMILES string of the molecule is Cn1ccc(CC(NN)c2cn[nH]c2N)n1. The highest BCUT2D eigenvalue weighted by atomic mass is 15.3. The van der Waals surface area contributed by atoms with Crippen molar-refractivity contribution in [3.63, 3.8) is 0 Å². The second-order valence-electron chi connectivity index (χ2n) is 3.64. The van der Waals surface area contributed by atoms with Gasteiger partial charge in [0, 0.05) is 25.2 Å². The number of anilines is 1. The van der Waals surface area contributed by atoms with E-state index in [2.05, 4.69) is 20.7 Å². The van der Waals surface area contributed by atoms with Crippen LogP contribution in [0.1, 0.15) is 17.3 Å². The molecule has 0 fully saturated rings. The highest BCUT2D eigenvalue weighted by Gasteiger charge is 2.16. The first kappa shape index (κ1) is 10.7. The Bertz CT molecular complexity index is 458. The maximum atomic E-state index is 5.74. The minimum Gasteiger partial charge on any atom is -0.384 e. The van der Waals surface area contributed by atoms with Gasteiger partial charge < -0.3 is 5.73 Å². The Hall–Kier alpha value is -1.86. The van der Waals surface area contributed by atoms with Crippen molar-refractivity contribution in [1.29, 1.82) is 0 Å². The number of nitrogen functional groups attached to an aromatic ring is 1. The van der Waals surface area contributed by atoms with Crippen LogP contribution in [0.2, 0.25) is 0 Å². The molecule has 6 N–H and O–H groups in total. The first-order valence-corrected chi connectivity index (χ1v) is 4.94. The summed E-state index contributed by atoms with van der Waals surface area (Å²) in [5.41, 5.74) is 10.3. The molecule has 7 nitrogen and oxygen atoms in total. The third kappa shape index (κ3) is 2.05. The number of hydrogen-bond acceptors (Lipinski definition) is 5. The number of nitrogens with zero attached hydrogens (tertiary/aromatic N) is 3. The molecule has 2 aromatic heterocycles. The van der Waals surface area contributed by atoms with Crippen molar-refractivity contribution in [2.45, 2.75) is 12.5 Å². The molecule has 2 rings (SSSR count). The molecule has 0 aliphatic heterocycles. The number of hydrogen-bond donors (Lipinski definition) is 4. The molecule has 16 heavy (non-hydrogen) atoms. The van der Waals surface area contributed by atoms with Gasteiger partial charge in [0.15, 0.2) is 0 Å². The number of nitrogens with two attached hydrogens (primary N) is 2. The van der Waals surface area contributed by atoms with Crippen LogP contribution in [0.4, 0.5) is 5.82 Å². The van der Waals surface area contributed by atoms with Gasteiger partial charge in [-0.3, -0.25) is 21.0 Å². The standard InChI is InChI=1S/C9H15N7/c1-16-3-2-6(15-16)4-8(13-11)7-5-12-14-9(7)10/h2-3,5,8,13H,4,11H2,1H3,(H3,10,12,14). The summed E-state index contributed by atoms with van der Waals surface area (Å²) in [5.74, 6) is 6.03. The van der Waals surface area contributed by atoms with E-state index in [1.807, 2.05) is 19.3 Å². The Morgan fingerprint density at radius 2 is 2.44 bits per heavy atom. The summed E-state index contributed by atoms with van der Waals surface area (Å²) in [4.78, 5) is 0. The molecule has 0 amide bonds. The van der Waals surface area contributed by atoms with Crippen LogP contribution in [0.5, 0.6) is 0 Å². The van der Waals surface area contributed by atoms with E-state index >= 15 is 0 Å². The zero-order valence-electron chi connectivity index (χ0n) is 9.01. The summed E-state index contributed by atoms with van der Waals surface area (Å²) in [7, 11) is 1.88. The quantitative estimate of drug-likeness (QED) is 0.410. The van der Waals surface area contributed by atoms with Crippen LogP contribution < -0.4 is 17.0 Å². The van der Waals surface area contributed by atoms with Gasteiger partial charge in [-0.05, 0) is 6.07 Å². The lowest BCUT2D eigenvalue weighted by Gasteiger charge is -2.13. The number of rotatable bonds is 4. The summed E-state index contributed by atoms with van der Waals surface area (Å²) >= 11 is 0. The van der Waals surface area contributed by atoms with Gasteiger partial charge in [-0.25, -0.2) is 0 Å². The third-order valence-corrected chi connectivity index (χ3v) is 2.46. The molecule has 7 heteroatoms. The fraction of sp³-hybridized carbons (Fsp3) is 0.333. The average molecular weight is 221 g/mol. The van der Waals surface area contributed by atoms with Crippen LogP contribution in [0, 0.1) is 0 Å². The number of H-pyrrole nitrogens is 1. The van der Waals surface area contributed by atoms with E-state index < -0.39 is 0 Å². The molecule has 2 aromatic rings. The van der Waals surface area contributed by atoms with Crippen molar-refractivity contribution in [1.82, 2.24) is 25.4 Å². The lowest BCUT2D eigenvalue weighted by atomic mass is 10.1. The first-order chi connectivity index (χ1) is 7.70. The van der Waals surface area contributed by atoms with Crippen LogP contribution in [0.3, 0.4) is 0 Å². The van der Waals surface area contributed by atoms with E-state index in [0.29, 0.717) is 12.2 Å². The molecule has 1 unspecified atom stereocenters. The zero-order chi connectivity index (χ0) is 11.5. The summed E-state index contributed by atoms with van der Waals surface area (Å²) in [6, 6.07) is 1.86. The van der Waals surface area contributed by atoms with Crippen LogP contribution in [0.25, 0.3) is 0 Å². The second kappa shape index (κ2) is 4.33. The summed E-state index contributed by atoms with van der Waals surface area (Å²) in [6.45, 7) is 0. The van der Waals surface area contributed by atoms with Crippen LogP contribution in [-0.4, -0.2) is 20.0 Å². The van der Waals surface area contributed by atoms with Gasteiger partial charge in [0.1, 0.15) is 5.82 Å². The highest BCUT2D eigenvalue weighted by Crippen LogP contribution is 2.20. The Morgan fingerprint density at radius 1 is 1.62 bits per heavy atom. The summed E-state index contributed by atoms with van der Waals surface area (Å²) in [5, 5.41) is 10.8. The van der Waals surface area contributed by atoms with Gasteiger partial charge in [0.2, 0.25) is 0 Å². The predicted octanol–water partition coefficient (Wildman–Crippen LogP) is -0.527. The van der Waals surface area contributed by atoms with Gasteiger partial charge >= 0.3 is 0 Å². The number of hydrazine groups is 1. The van der Waals surface area contributed by atoms with Gasteiger partial charge in [-0.15, -0.1) is 0 Å². The molecular weight excluding hydrogens is 206 g/mol. The van der Waals surface area contributed by atoms with E-state index in [0.717, 1.165) is 11.3 Å². The highest BCUT2D eigenvalue weighted by molar-refractivity contribution is 5.39. The number of aromatic nitrogens is 4. The molecule has 86 valence electrons. The molecule has 0 aliphatic carbocycles. The van der Waals surface area contributed by atoms with Crippen molar-refractivity contribution in [2.24, 2.45) is 12.9 Å². The van der Waals surface area contributed by atoms with Gasteiger partial charge in [0.25, 0.3) is 0 Å². The van der Waals surface area contributed by atoms with Gasteiger partial charge in [-0.2, -0.15) is 10.2 Å². The van der Waals surface area contributed by atoms with E-state index in [-0.39, 0.29) is 6.04 Å². The number of aryl methyl sites for hydroxylation is 1. The summed E-state index contributed by atoms with van der Waals surface area (Å²) in [6.07, 6.45) is 4.23. The zero-order valence-corrected chi connectivity index (χ0v) is 9.01. The van der Waals surface area contributed by atoms with Crippen molar-refractivity contribution < 1.29 is 0 Å². The molecule has 0 spiro atoms. The largest absolute Gasteiger partial charge is 0.384 e. The fourth-order valence-electron chi connectivity index (χ4n) is 1.62. The van der Waals surface area contributed by atoms with Crippen molar-refractivity contribution in [2.75, 3.05) is 5.73 Å². The van der Waals surface area contributed by atoms with E-state index in [1.165, 1.54) is 0 Å². The maximum absolute atomic E-state index is 5.74. The molecule has 0 saturated carbocycles. The van der Waals surface area contributed by atoms with Gasteiger partial charge in [0.05, 0.1) is 17.9 Å². The monoisotopic (exact) mass is 221 g/mol. The smallest absolute Gasteiger partial charge is 0.123 e. The van der Waals surface area contributed by atoms with E-state index in [9.17, 15) is 0 Å². The van der Waals surface area contributed by atoms with Crippen molar-refractivity contribution >= 4 is 5.82 Å². The Balaban J connectivity index is 2.15. The molecule has 1 atom stereocenters. The van der Waals surface area contributed by atoms with E-state index in [1.54, 1.807) is 10.9 Å². The normalized spacial score (nSPS) is 12.9. The Kier molecular flexibility index (Phi) is 2.88. The second-order valence-corrected chi connectivity index (χ2v) is 3.64. The van der Waals surface area contributed by atoms with Crippen molar-refractivity contribution in [3.8, 4) is 0 Å². The lowest BCUT2D eigenvalue weighted by molar-refractivity contribution is 0.543. The topological polar surface area (TPSA) is 111 Å². The van der Waals surface area contributed by atoms with Gasteiger partial charge in [-0.1, -0.05) is 0 Å². The number of aromatic amines is 1. The minimum absolute atomic E-state index is 0.0892. The lowest BCUT2D eigenvalue weighted by Crippen LogP contribution is -2.30. The molecule has 0 saturated heterocycles. The van der Waals surface area contributed by atoms with Crippen LogP contribution in [0.15, 0.2) is 18.5 Å². The fourth-order valence-corrected chi connectivity index (χ4v) is 1.62. The minimum atomic E-state index is -0.0892. The van der Waals surface area contributed by atoms with E-state index in [4.69, 9.17) is 11.6 Å². The molecule has 0 aliphatic rings. The number of nitrogens with one attached hydrogen (secondary N) is 2. The Morgan fingerprint density at radius 3 is 2.94 bits per heavy atom. The third-order valence-electron chi connectivity index (χ3n) is 2.46. The first-order valence-electron chi connectivity index (χ1n) is 4.94. The predicted molar refractivity (Wildman–Crippen MR) is 60.0 cm³/mol. The molecular formula is C9H15N7. The molecule has 0 aromatic carbocycles.